The number of rotatable bonds is 6. The van der Waals surface area contributed by atoms with Gasteiger partial charge in [-0.05, 0) is 45.6 Å². The summed E-state index contributed by atoms with van der Waals surface area (Å²) in [5.41, 5.74) is 3.19. The molecule has 7 heteroatoms. The van der Waals surface area contributed by atoms with Gasteiger partial charge in [-0.25, -0.2) is 8.42 Å². The number of aryl methyl sites for hydroxylation is 2. The lowest BCUT2D eigenvalue weighted by atomic mass is 10.1. The average molecular weight is 390 g/mol. The summed E-state index contributed by atoms with van der Waals surface area (Å²) >= 11 is 0. The van der Waals surface area contributed by atoms with E-state index in [1.807, 2.05) is 32.0 Å². The molecule has 2 aromatic rings. The molecule has 1 aromatic carbocycles. The van der Waals surface area contributed by atoms with Crippen molar-refractivity contribution in [3.05, 3.63) is 52.8 Å². The van der Waals surface area contributed by atoms with Crippen LogP contribution in [-0.4, -0.2) is 41.7 Å². The molecule has 1 fully saturated rings. The van der Waals surface area contributed by atoms with Gasteiger partial charge in [-0.3, -0.25) is 9.48 Å². The first kappa shape index (κ1) is 19.6. The smallest absolute Gasteiger partial charge is 0.255 e. The summed E-state index contributed by atoms with van der Waals surface area (Å²) in [5.74, 6) is 0.148. The van der Waals surface area contributed by atoms with Crippen LogP contribution in [0.4, 0.5) is 0 Å². The molecule has 27 heavy (non-hydrogen) atoms. The molecule has 1 N–H and O–H groups in total. The Morgan fingerprint density at radius 3 is 2.63 bits per heavy atom. The maximum Gasteiger partial charge on any atom is 0.255 e. The van der Waals surface area contributed by atoms with E-state index in [2.05, 4.69) is 22.5 Å². The van der Waals surface area contributed by atoms with Crippen molar-refractivity contribution in [2.75, 3.05) is 11.5 Å². The Kier molecular flexibility index (Phi) is 5.69. The Balaban J connectivity index is 1.66. The highest BCUT2D eigenvalue weighted by atomic mass is 32.2. The topological polar surface area (TPSA) is 81.1 Å². The van der Waals surface area contributed by atoms with Crippen molar-refractivity contribution in [2.24, 2.45) is 0 Å². The van der Waals surface area contributed by atoms with Gasteiger partial charge in [0.25, 0.3) is 5.91 Å². The van der Waals surface area contributed by atoms with E-state index in [0.717, 1.165) is 18.5 Å². The van der Waals surface area contributed by atoms with E-state index in [9.17, 15) is 13.2 Å². The molecule has 6 nitrogen and oxygen atoms in total. The molecule has 0 spiro atoms. The van der Waals surface area contributed by atoms with E-state index in [4.69, 9.17) is 0 Å². The molecule has 0 aliphatic carbocycles. The lowest BCUT2D eigenvalue weighted by molar-refractivity contribution is 0.0937. The number of nitrogens with one attached hydrogen (secondary N) is 1. The zero-order valence-corrected chi connectivity index (χ0v) is 16.9. The van der Waals surface area contributed by atoms with Gasteiger partial charge in [-0.15, -0.1) is 0 Å². The van der Waals surface area contributed by atoms with Crippen molar-refractivity contribution >= 4 is 15.7 Å². The second-order valence-electron chi connectivity index (χ2n) is 7.45. The third-order valence-electron chi connectivity index (χ3n) is 5.19. The summed E-state index contributed by atoms with van der Waals surface area (Å²) in [4.78, 5) is 12.8. The van der Waals surface area contributed by atoms with Crippen LogP contribution < -0.4 is 5.32 Å². The predicted molar refractivity (Wildman–Crippen MR) is 106 cm³/mol. The number of sulfone groups is 1. The molecule has 1 saturated heterocycles. The summed E-state index contributed by atoms with van der Waals surface area (Å²) in [6.45, 7) is 5.64. The first-order valence-electron chi connectivity index (χ1n) is 9.38. The molecular formula is C20H27N3O3S. The third-order valence-corrected chi connectivity index (χ3v) is 6.94. The average Bonchev–Trinajstić information content (AvgIpc) is 3.12. The molecule has 3 rings (SSSR count). The highest BCUT2D eigenvalue weighted by molar-refractivity contribution is 7.91. The lowest BCUT2D eigenvalue weighted by Gasteiger charge is -2.15. The quantitative estimate of drug-likeness (QED) is 0.823. The second kappa shape index (κ2) is 7.84. The monoisotopic (exact) mass is 389 g/mol. The van der Waals surface area contributed by atoms with Gasteiger partial charge in [0, 0.05) is 11.7 Å². The SMILES string of the molecule is Cc1nn(C2CCS(=O)(=O)C2)c(C)c1C(=O)NC(C)CCc1ccccc1. The molecular weight excluding hydrogens is 362 g/mol. The number of nitrogens with zero attached hydrogens (tertiary/aromatic N) is 2. The van der Waals surface area contributed by atoms with Crippen molar-refractivity contribution in [1.29, 1.82) is 0 Å². The molecule has 2 unspecified atom stereocenters. The summed E-state index contributed by atoms with van der Waals surface area (Å²) in [6.07, 6.45) is 2.31. The summed E-state index contributed by atoms with van der Waals surface area (Å²) < 4.78 is 25.3. The van der Waals surface area contributed by atoms with Gasteiger partial charge < -0.3 is 5.32 Å². The first-order chi connectivity index (χ1) is 12.8. The Morgan fingerprint density at radius 2 is 2.00 bits per heavy atom. The maximum atomic E-state index is 12.8. The summed E-state index contributed by atoms with van der Waals surface area (Å²) in [5, 5.41) is 7.53. The minimum absolute atomic E-state index is 0.0340. The van der Waals surface area contributed by atoms with E-state index in [1.165, 1.54) is 5.56 Å². The molecule has 0 bridgehead atoms. The molecule has 1 aliphatic rings. The zero-order valence-electron chi connectivity index (χ0n) is 16.1. The van der Waals surface area contributed by atoms with E-state index in [0.29, 0.717) is 17.7 Å². The molecule has 146 valence electrons. The van der Waals surface area contributed by atoms with Crippen LogP contribution in [0.1, 0.15) is 53.1 Å². The zero-order chi connectivity index (χ0) is 19.6. The van der Waals surface area contributed by atoms with Crippen LogP contribution in [-0.2, 0) is 16.3 Å². The van der Waals surface area contributed by atoms with Gasteiger partial charge in [0.05, 0.1) is 28.8 Å². The first-order valence-corrected chi connectivity index (χ1v) is 11.2. The van der Waals surface area contributed by atoms with Crippen molar-refractivity contribution in [1.82, 2.24) is 15.1 Å². The Labute approximate surface area is 160 Å². The van der Waals surface area contributed by atoms with Crippen molar-refractivity contribution in [3.8, 4) is 0 Å². The third kappa shape index (κ3) is 4.58. The van der Waals surface area contributed by atoms with Crippen LogP contribution >= 0.6 is 0 Å². The molecule has 0 radical (unpaired) electrons. The van der Waals surface area contributed by atoms with Crippen molar-refractivity contribution in [3.63, 3.8) is 0 Å². The number of carbonyl (C=O) groups excluding carboxylic acids is 1. The molecule has 1 aromatic heterocycles. The van der Waals surface area contributed by atoms with Gasteiger partial charge in [0.15, 0.2) is 9.84 Å². The normalized spacial score (nSPS) is 19.7. The Hall–Kier alpha value is -2.15. The minimum Gasteiger partial charge on any atom is -0.349 e. The van der Waals surface area contributed by atoms with E-state index in [-0.39, 0.29) is 29.5 Å². The number of benzene rings is 1. The van der Waals surface area contributed by atoms with Crippen LogP contribution in [0, 0.1) is 13.8 Å². The summed E-state index contributed by atoms with van der Waals surface area (Å²) in [7, 11) is -3.00. The second-order valence-corrected chi connectivity index (χ2v) is 9.67. The van der Waals surface area contributed by atoms with E-state index >= 15 is 0 Å². The standard InChI is InChI=1S/C20H27N3O3S/c1-14(9-10-17-7-5-4-6-8-17)21-20(24)19-15(2)22-23(16(19)3)18-11-12-27(25,26)13-18/h4-8,14,18H,9-13H2,1-3H3,(H,21,24). The van der Waals surface area contributed by atoms with Crippen LogP contribution in [0.2, 0.25) is 0 Å². The number of carbonyl (C=O) groups is 1. The number of hydrogen-bond acceptors (Lipinski definition) is 4. The molecule has 2 heterocycles. The van der Waals surface area contributed by atoms with Gasteiger partial charge in [0.2, 0.25) is 0 Å². The van der Waals surface area contributed by atoms with Crippen LogP contribution in [0.3, 0.4) is 0 Å². The van der Waals surface area contributed by atoms with Gasteiger partial charge in [-0.2, -0.15) is 5.10 Å². The summed E-state index contributed by atoms with van der Waals surface area (Å²) in [6, 6.07) is 10.1. The Morgan fingerprint density at radius 1 is 1.30 bits per heavy atom. The van der Waals surface area contributed by atoms with E-state index < -0.39 is 9.84 Å². The molecule has 2 atom stereocenters. The van der Waals surface area contributed by atoms with Gasteiger partial charge >= 0.3 is 0 Å². The molecule has 1 amide bonds. The van der Waals surface area contributed by atoms with Gasteiger partial charge in [0.1, 0.15) is 0 Å². The lowest BCUT2D eigenvalue weighted by Crippen LogP contribution is -2.33. The van der Waals surface area contributed by atoms with Crippen molar-refractivity contribution in [2.45, 2.75) is 52.1 Å². The largest absolute Gasteiger partial charge is 0.349 e. The van der Waals surface area contributed by atoms with Crippen LogP contribution in [0.15, 0.2) is 30.3 Å². The fourth-order valence-electron chi connectivity index (χ4n) is 3.71. The van der Waals surface area contributed by atoms with Crippen LogP contribution in [0.25, 0.3) is 0 Å². The minimum atomic E-state index is -3.00. The van der Waals surface area contributed by atoms with Crippen molar-refractivity contribution < 1.29 is 13.2 Å². The fourth-order valence-corrected chi connectivity index (χ4v) is 5.40. The highest BCUT2D eigenvalue weighted by Crippen LogP contribution is 2.26. The number of aromatic nitrogens is 2. The fraction of sp³-hybridized carbons (Fsp3) is 0.500. The van der Waals surface area contributed by atoms with E-state index in [1.54, 1.807) is 11.6 Å². The Bertz CT molecular complexity index is 919. The number of hydrogen-bond donors (Lipinski definition) is 1. The number of amides is 1. The molecule has 1 aliphatic heterocycles. The molecule has 0 saturated carbocycles. The van der Waals surface area contributed by atoms with Crippen LogP contribution in [0.5, 0.6) is 0 Å². The van der Waals surface area contributed by atoms with Gasteiger partial charge in [-0.1, -0.05) is 30.3 Å². The maximum absolute atomic E-state index is 12.8. The highest BCUT2D eigenvalue weighted by Gasteiger charge is 2.32. The predicted octanol–water partition coefficient (Wildman–Crippen LogP) is 2.61.